The molecule has 5 nitrogen and oxygen atoms in total. The summed E-state index contributed by atoms with van der Waals surface area (Å²) in [4.78, 5) is 17.2. The second-order valence-electron chi connectivity index (χ2n) is 5.25. The van der Waals surface area contributed by atoms with Crippen molar-refractivity contribution in [1.82, 2.24) is 4.98 Å². The van der Waals surface area contributed by atoms with E-state index in [2.05, 4.69) is 15.6 Å². The smallest absolute Gasteiger partial charge is 0.230 e. The van der Waals surface area contributed by atoms with Crippen LogP contribution in [0.15, 0.2) is 35.8 Å². The summed E-state index contributed by atoms with van der Waals surface area (Å²) < 4.78 is 5.56. The molecule has 0 radical (unpaired) electrons. The van der Waals surface area contributed by atoms with Gasteiger partial charge in [-0.05, 0) is 36.4 Å². The molecule has 1 amide bonds. The minimum absolute atomic E-state index is 0.0463. The highest BCUT2D eigenvalue weighted by Crippen LogP contribution is 2.15. The standard InChI is InChI=1S/C16H19N3O2S/c20-16(9-14-4-2-8-22-14)19-15-6-5-12(10-18-15)17-11-13-3-1-7-21-13/h2,4-6,8,10,13,17H,1,3,7,9,11H2,(H,18,19,20). The van der Waals surface area contributed by atoms with Crippen molar-refractivity contribution in [3.63, 3.8) is 0 Å². The quantitative estimate of drug-likeness (QED) is 0.860. The number of nitrogens with zero attached hydrogens (tertiary/aromatic N) is 1. The molecule has 22 heavy (non-hydrogen) atoms. The van der Waals surface area contributed by atoms with Crippen LogP contribution in [0.1, 0.15) is 17.7 Å². The molecule has 2 aromatic heterocycles. The predicted octanol–water partition coefficient (Wildman–Crippen LogP) is 2.92. The molecule has 6 heteroatoms. The van der Waals surface area contributed by atoms with Crippen LogP contribution in [-0.2, 0) is 16.0 Å². The molecule has 0 aromatic carbocycles. The zero-order chi connectivity index (χ0) is 15.2. The van der Waals surface area contributed by atoms with Gasteiger partial charge < -0.3 is 15.4 Å². The van der Waals surface area contributed by atoms with Gasteiger partial charge in [-0.2, -0.15) is 0 Å². The second kappa shape index (κ2) is 7.38. The van der Waals surface area contributed by atoms with Gasteiger partial charge in [-0.1, -0.05) is 6.07 Å². The van der Waals surface area contributed by atoms with Crippen molar-refractivity contribution in [2.75, 3.05) is 23.8 Å². The first-order valence-corrected chi connectivity index (χ1v) is 8.31. The summed E-state index contributed by atoms with van der Waals surface area (Å²) in [7, 11) is 0. The molecule has 116 valence electrons. The Morgan fingerprint density at radius 2 is 2.36 bits per heavy atom. The van der Waals surface area contributed by atoms with E-state index in [1.54, 1.807) is 17.5 Å². The van der Waals surface area contributed by atoms with E-state index in [-0.39, 0.29) is 5.91 Å². The number of hydrogen-bond acceptors (Lipinski definition) is 5. The fraction of sp³-hybridized carbons (Fsp3) is 0.375. The molecule has 0 bridgehead atoms. The van der Waals surface area contributed by atoms with E-state index in [0.717, 1.165) is 36.6 Å². The number of aromatic nitrogens is 1. The molecule has 1 unspecified atom stereocenters. The summed E-state index contributed by atoms with van der Waals surface area (Å²) in [5, 5.41) is 8.08. The Kier molecular flexibility index (Phi) is 5.03. The summed E-state index contributed by atoms with van der Waals surface area (Å²) in [5.41, 5.74) is 0.937. The minimum Gasteiger partial charge on any atom is -0.381 e. The van der Waals surface area contributed by atoms with E-state index in [4.69, 9.17) is 4.74 Å². The molecule has 1 atom stereocenters. The highest BCUT2D eigenvalue weighted by Gasteiger charge is 2.14. The van der Waals surface area contributed by atoms with Crippen LogP contribution in [0, 0.1) is 0 Å². The lowest BCUT2D eigenvalue weighted by Gasteiger charge is -2.12. The molecule has 2 aromatic rings. The van der Waals surface area contributed by atoms with E-state index in [1.165, 1.54) is 0 Å². The average Bonchev–Trinajstić information content (AvgIpc) is 3.20. The van der Waals surface area contributed by atoms with Gasteiger partial charge in [0, 0.05) is 18.0 Å². The molecule has 1 aliphatic rings. The van der Waals surface area contributed by atoms with Gasteiger partial charge in [0.15, 0.2) is 0 Å². The zero-order valence-electron chi connectivity index (χ0n) is 12.2. The number of amides is 1. The first-order chi connectivity index (χ1) is 10.8. The summed E-state index contributed by atoms with van der Waals surface area (Å²) in [6.45, 7) is 1.66. The van der Waals surface area contributed by atoms with Crippen LogP contribution in [0.2, 0.25) is 0 Å². The summed E-state index contributed by atoms with van der Waals surface area (Å²) in [6.07, 6.45) is 4.66. The molecule has 1 fully saturated rings. The molecule has 1 saturated heterocycles. The number of rotatable bonds is 6. The molecule has 3 heterocycles. The third kappa shape index (κ3) is 4.29. The maximum Gasteiger partial charge on any atom is 0.230 e. The van der Waals surface area contributed by atoms with Gasteiger partial charge in [0.05, 0.1) is 24.4 Å². The lowest BCUT2D eigenvalue weighted by Crippen LogP contribution is -2.18. The van der Waals surface area contributed by atoms with E-state index in [1.807, 2.05) is 29.6 Å². The fourth-order valence-electron chi connectivity index (χ4n) is 2.37. The predicted molar refractivity (Wildman–Crippen MR) is 88.4 cm³/mol. The Bertz CT molecular complexity index is 592. The highest BCUT2D eigenvalue weighted by molar-refractivity contribution is 7.10. The number of carbonyl (C=O) groups excluding carboxylic acids is 1. The first-order valence-electron chi connectivity index (χ1n) is 7.43. The Hall–Kier alpha value is -1.92. The molecule has 0 saturated carbocycles. The van der Waals surface area contributed by atoms with E-state index >= 15 is 0 Å². The lowest BCUT2D eigenvalue weighted by atomic mass is 10.2. The summed E-state index contributed by atoms with van der Waals surface area (Å²) in [5.74, 6) is 0.527. The largest absolute Gasteiger partial charge is 0.381 e. The van der Waals surface area contributed by atoms with Crippen LogP contribution in [0.3, 0.4) is 0 Å². The van der Waals surface area contributed by atoms with Gasteiger partial charge in [0.25, 0.3) is 0 Å². The Labute approximate surface area is 133 Å². The van der Waals surface area contributed by atoms with E-state index in [9.17, 15) is 4.79 Å². The Morgan fingerprint density at radius 1 is 1.41 bits per heavy atom. The van der Waals surface area contributed by atoms with Crippen molar-refractivity contribution < 1.29 is 9.53 Å². The molecular weight excluding hydrogens is 298 g/mol. The molecule has 3 rings (SSSR count). The van der Waals surface area contributed by atoms with Crippen molar-refractivity contribution in [2.24, 2.45) is 0 Å². The summed E-state index contributed by atoms with van der Waals surface area (Å²) >= 11 is 1.58. The van der Waals surface area contributed by atoms with Gasteiger partial charge in [0.1, 0.15) is 5.82 Å². The van der Waals surface area contributed by atoms with Crippen LogP contribution in [0.25, 0.3) is 0 Å². The van der Waals surface area contributed by atoms with Crippen molar-refractivity contribution in [3.8, 4) is 0 Å². The van der Waals surface area contributed by atoms with Crippen molar-refractivity contribution in [3.05, 3.63) is 40.7 Å². The topological polar surface area (TPSA) is 63.2 Å². The van der Waals surface area contributed by atoms with E-state index < -0.39 is 0 Å². The third-order valence-corrected chi connectivity index (χ3v) is 4.38. The normalized spacial score (nSPS) is 17.4. The van der Waals surface area contributed by atoms with Gasteiger partial charge in [-0.15, -0.1) is 11.3 Å². The first kappa shape index (κ1) is 15.0. The van der Waals surface area contributed by atoms with Crippen molar-refractivity contribution >= 4 is 28.7 Å². The van der Waals surface area contributed by atoms with Gasteiger partial charge >= 0.3 is 0 Å². The number of thiophene rings is 1. The van der Waals surface area contributed by atoms with Crippen molar-refractivity contribution in [2.45, 2.75) is 25.4 Å². The average molecular weight is 317 g/mol. The molecule has 0 spiro atoms. The minimum atomic E-state index is -0.0463. The lowest BCUT2D eigenvalue weighted by molar-refractivity contribution is -0.115. The van der Waals surface area contributed by atoms with Gasteiger partial charge in [0.2, 0.25) is 5.91 Å². The number of hydrogen-bond donors (Lipinski definition) is 2. The van der Waals surface area contributed by atoms with Crippen LogP contribution in [0.5, 0.6) is 0 Å². The molecule has 1 aliphatic heterocycles. The highest BCUT2D eigenvalue weighted by atomic mass is 32.1. The Morgan fingerprint density at radius 3 is 3.05 bits per heavy atom. The van der Waals surface area contributed by atoms with E-state index in [0.29, 0.717) is 18.3 Å². The van der Waals surface area contributed by atoms with Crippen molar-refractivity contribution in [1.29, 1.82) is 0 Å². The molecule has 0 aliphatic carbocycles. The number of carbonyl (C=O) groups is 1. The Balaban J connectivity index is 1.47. The number of anilines is 2. The zero-order valence-corrected chi connectivity index (χ0v) is 13.1. The maximum atomic E-state index is 11.9. The number of nitrogens with one attached hydrogen (secondary N) is 2. The van der Waals surface area contributed by atoms with Crippen LogP contribution in [-0.4, -0.2) is 30.1 Å². The summed E-state index contributed by atoms with van der Waals surface area (Å²) in [6, 6.07) is 7.63. The van der Waals surface area contributed by atoms with Crippen LogP contribution < -0.4 is 10.6 Å². The van der Waals surface area contributed by atoms with Gasteiger partial charge in [-0.3, -0.25) is 4.79 Å². The molecular formula is C16H19N3O2S. The maximum absolute atomic E-state index is 11.9. The monoisotopic (exact) mass is 317 g/mol. The number of pyridine rings is 1. The van der Waals surface area contributed by atoms with Crippen LogP contribution in [0.4, 0.5) is 11.5 Å². The fourth-order valence-corrected chi connectivity index (χ4v) is 3.07. The second-order valence-corrected chi connectivity index (χ2v) is 6.28. The molecule has 2 N–H and O–H groups in total. The third-order valence-electron chi connectivity index (χ3n) is 3.50. The number of ether oxygens (including phenoxy) is 1. The SMILES string of the molecule is O=C(Cc1cccs1)Nc1ccc(NCC2CCCO2)cn1. The van der Waals surface area contributed by atoms with Gasteiger partial charge in [-0.25, -0.2) is 4.98 Å². The van der Waals surface area contributed by atoms with Crippen LogP contribution >= 0.6 is 11.3 Å².